The lowest BCUT2D eigenvalue weighted by Crippen LogP contribution is -2.06. The van der Waals surface area contributed by atoms with Crippen LogP contribution in [-0.4, -0.2) is 5.11 Å². The van der Waals surface area contributed by atoms with E-state index in [2.05, 4.69) is 15.9 Å². The van der Waals surface area contributed by atoms with Gasteiger partial charge in [-0.05, 0) is 29.7 Å². The fourth-order valence-corrected chi connectivity index (χ4v) is 2.37. The number of hydrogen-bond donors (Lipinski definition) is 1. The first-order chi connectivity index (χ1) is 9.02. The van der Waals surface area contributed by atoms with Crippen molar-refractivity contribution >= 4 is 15.9 Å². The second-order valence-corrected chi connectivity index (χ2v) is 5.20. The zero-order valence-electron chi connectivity index (χ0n) is 10.3. The van der Waals surface area contributed by atoms with E-state index in [1.807, 2.05) is 13.0 Å². The number of benzene rings is 2. The largest absolute Gasteiger partial charge is 0.383 e. The Kier molecular flexibility index (Phi) is 4.32. The molecule has 0 spiro atoms. The van der Waals surface area contributed by atoms with E-state index in [4.69, 9.17) is 0 Å². The molecule has 0 fully saturated rings. The minimum atomic E-state index is -1.31. The van der Waals surface area contributed by atoms with Gasteiger partial charge in [0, 0.05) is 4.47 Å². The van der Waals surface area contributed by atoms with E-state index in [-0.39, 0.29) is 5.56 Å². The Morgan fingerprint density at radius 1 is 1.16 bits per heavy atom. The predicted octanol–water partition coefficient (Wildman–Crippen LogP) is 4.37. The SMILES string of the molecule is CCc1cccc(C(O)c2c(F)cc(Br)cc2F)c1. The first kappa shape index (κ1) is 14.2. The van der Waals surface area contributed by atoms with Crippen LogP contribution in [0.2, 0.25) is 0 Å². The van der Waals surface area contributed by atoms with Crippen molar-refractivity contribution in [3.05, 3.63) is 69.2 Å². The van der Waals surface area contributed by atoms with Gasteiger partial charge in [-0.3, -0.25) is 0 Å². The van der Waals surface area contributed by atoms with Crippen molar-refractivity contribution in [3.8, 4) is 0 Å². The highest BCUT2D eigenvalue weighted by Gasteiger charge is 2.20. The van der Waals surface area contributed by atoms with E-state index in [0.29, 0.717) is 10.0 Å². The first-order valence-electron chi connectivity index (χ1n) is 5.94. The first-order valence-corrected chi connectivity index (χ1v) is 6.73. The maximum absolute atomic E-state index is 13.8. The number of hydrogen-bond acceptors (Lipinski definition) is 1. The van der Waals surface area contributed by atoms with Crippen LogP contribution in [-0.2, 0) is 6.42 Å². The molecule has 1 N–H and O–H groups in total. The number of aryl methyl sites for hydroxylation is 1. The summed E-state index contributed by atoms with van der Waals surface area (Å²) >= 11 is 3.01. The van der Waals surface area contributed by atoms with Gasteiger partial charge < -0.3 is 5.11 Å². The van der Waals surface area contributed by atoms with E-state index in [1.165, 1.54) is 0 Å². The van der Waals surface area contributed by atoms with Crippen LogP contribution in [0.25, 0.3) is 0 Å². The molecule has 100 valence electrons. The number of rotatable bonds is 3. The molecule has 0 aliphatic carbocycles. The molecular weight excluding hydrogens is 314 g/mol. The Bertz CT molecular complexity index is 575. The standard InChI is InChI=1S/C15H13BrF2O/c1-2-9-4-3-5-10(6-9)15(19)14-12(17)7-11(16)8-13(14)18/h3-8,15,19H,2H2,1H3. The Balaban J connectivity index is 2.46. The van der Waals surface area contributed by atoms with Crippen molar-refractivity contribution in [2.75, 3.05) is 0 Å². The average molecular weight is 327 g/mol. The van der Waals surface area contributed by atoms with Crippen molar-refractivity contribution in [3.63, 3.8) is 0 Å². The molecule has 0 heterocycles. The summed E-state index contributed by atoms with van der Waals surface area (Å²) < 4.78 is 27.9. The quantitative estimate of drug-likeness (QED) is 0.887. The molecule has 1 atom stereocenters. The second kappa shape index (κ2) is 5.80. The molecule has 0 saturated heterocycles. The van der Waals surface area contributed by atoms with Crippen molar-refractivity contribution < 1.29 is 13.9 Å². The van der Waals surface area contributed by atoms with E-state index in [1.54, 1.807) is 18.2 Å². The van der Waals surface area contributed by atoms with Crippen molar-refractivity contribution in [1.29, 1.82) is 0 Å². The second-order valence-electron chi connectivity index (χ2n) is 4.28. The van der Waals surface area contributed by atoms with Gasteiger partial charge in [-0.15, -0.1) is 0 Å². The summed E-state index contributed by atoms with van der Waals surface area (Å²) in [7, 11) is 0. The van der Waals surface area contributed by atoms with Gasteiger partial charge in [-0.1, -0.05) is 47.1 Å². The topological polar surface area (TPSA) is 20.2 Å². The highest BCUT2D eigenvalue weighted by molar-refractivity contribution is 9.10. The molecule has 0 radical (unpaired) electrons. The maximum atomic E-state index is 13.8. The van der Waals surface area contributed by atoms with Crippen molar-refractivity contribution in [2.45, 2.75) is 19.4 Å². The van der Waals surface area contributed by atoms with Gasteiger partial charge >= 0.3 is 0 Å². The van der Waals surface area contributed by atoms with E-state index < -0.39 is 17.7 Å². The molecule has 4 heteroatoms. The Labute approximate surface area is 119 Å². The summed E-state index contributed by atoms with van der Waals surface area (Å²) in [6.45, 7) is 1.98. The summed E-state index contributed by atoms with van der Waals surface area (Å²) in [4.78, 5) is 0. The lowest BCUT2D eigenvalue weighted by Gasteiger charge is -2.14. The molecule has 0 amide bonds. The summed E-state index contributed by atoms with van der Waals surface area (Å²) in [6.07, 6.45) is -0.508. The Morgan fingerprint density at radius 3 is 2.37 bits per heavy atom. The van der Waals surface area contributed by atoms with E-state index >= 15 is 0 Å². The molecule has 2 rings (SSSR count). The van der Waals surface area contributed by atoms with Crippen LogP contribution < -0.4 is 0 Å². The highest BCUT2D eigenvalue weighted by atomic mass is 79.9. The highest BCUT2D eigenvalue weighted by Crippen LogP contribution is 2.29. The molecule has 0 aliphatic rings. The molecular formula is C15H13BrF2O. The van der Waals surface area contributed by atoms with Crippen LogP contribution in [0.4, 0.5) is 8.78 Å². The van der Waals surface area contributed by atoms with Crippen LogP contribution in [0.5, 0.6) is 0 Å². The third kappa shape index (κ3) is 3.01. The molecule has 0 bridgehead atoms. The van der Waals surface area contributed by atoms with Crippen LogP contribution in [0, 0.1) is 11.6 Å². The van der Waals surface area contributed by atoms with Gasteiger partial charge in [0.1, 0.15) is 17.7 Å². The third-order valence-corrected chi connectivity index (χ3v) is 3.45. The number of aliphatic hydroxyl groups excluding tert-OH is 1. The Hall–Kier alpha value is -1.26. The minimum absolute atomic E-state index is 0.306. The summed E-state index contributed by atoms with van der Waals surface area (Å²) in [6, 6.07) is 9.38. The molecule has 2 aromatic rings. The molecule has 19 heavy (non-hydrogen) atoms. The van der Waals surface area contributed by atoms with E-state index in [9.17, 15) is 13.9 Å². The number of aliphatic hydroxyl groups is 1. The normalized spacial score (nSPS) is 12.5. The molecule has 0 aromatic heterocycles. The molecule has 2 aromatic carbocycles. The molecule has 1 nitrogen and oxygen atoms in total. The van der Waals surface area contributed by atoms with Crippen LogP contribution in [0.3, 0.4) is 0 Å². The van der Waals surface area contributed by atoms with Crippen LogP contribution in [0.15, 0.2) is 40.9 Å². The predicted molar refractivity (Wildman–Crippen MR) is 73.9 cm³/mol. The van der Waals surface area contributed by atoms with E-state index in [0.717, 1.165) is 24.1 Å². The van der Waals surface area contributed by atoms with Crippen molar-refractivity contribution in [2.24, 2.45) is 0 Å². The summed E-state index contributed by atoms with van der Waals surface area (Å²) in [5, 5.41) is 10.2. The molecule has 0 saturated carbocycles. The van der Waals surface area contributed by atoms with Gasteiger partial charge in [0.2, 0.25) is 0 Å². The third-order valence-electron chi connectivity index (χ3n) is 2.99. The maximum Gasteiger partial charge on any atom is 0.133 e. The fraction of sp³-hybridized carbons (Fsp3) is 0.200. The summed E-state index contributed by atoms with van der Waals surface area (Å²) in [5.41, 5.74) is 1.17. The summed E-state index contributed by atoms with van der Waals surface area (Å²) in [5.74, 6) is -1.53. The Morgan fingerprint density at radius 2 is 1.79 bits per heavy atom. The molecule has 0 aliphatic heterocycles. The number of halogens is 3. The van der Waals surface area contributed by atoms with Gasteiger partial charge in [0.25, 0.3) is 0 Å². The minimum Gasteiger partial charge on any atom is -0.383 e. The lowest BCUT2D eigenvalue weighted by molar-refractivity contribution is 0.209. The van der Waals surface area contributed by atoms with Crippen LogP contribution in [0.1, 0.15) is 29.7 Å². The zero-order valence-corrected chi connectivity index (χ0v) is 11.9. The van der Waals surface area contributed by atoms with Gasteiger partial charge in [-0.2, -0.15) is 0 Å². The van der Waals surface area contributed by atoms with Crippen LogP contribution >= 0.6 is 15.9 Å². The monoisotopic (exact) mass is 326 g/mol. The zero-order chi connectivity index (χ0) is 14.0. The fourth-order valence-electron chi connectivity index (χ4n) is 1.96. The lowest BCUT2D eigenvalue weighted by atomic mass is 9.98. The van der Waals surface area contributed by atoms with Gasteiger partial charge in [0.15, 0.2) is 0 Å². The van der Waals surface area contributed by atoms with Gasteiger partial charge in [-0.25, -0.2) is 8.78 Å². The molecule has 1 unspecified atom stereocenters. The van der Waals surface area contributed by atoms with Crippen molar-refractivity contribution in [1.82, 2.24) is 0 Å². The van der Waals surface area contributed by atoms with Gasteiger partial charge in [0.05, 0.1) is 5.56 Å². The average Bonchev–Trinajstić information content (AvgIpc) is 2.37. The smallest absolute Gasteiger partial charge is 0.133 e.